The van der Waals surface area contributed by atoms with E-state index < -0.39 is 0 Å². The van der Waals surface area contributed by atoms with Gasteiger partial charge >= 0.3 is 0 Å². The SMILES string of the molecule is CN(C[C@@H]1CCCN(C)[C@H]1c1cnn(C)c1)C(=O)[C@H]1CC=CCC1. The summed E-state index contributed by atoms with van der Waals surface area (Å²) in [6.07, 6.45) is 13.8. The van der Waals surface area contributed by atoms with Crippen LogP contribution >= 0.6 is 0 Å². The standard InChI is InChI=1S/C19H30N4O/c1-21-11-7-10-16(18(21)17-12-20-23(3)14-17)13-22(2)19(24)15-8-5-4-6-9-15/h4-5,12,14-16,18H,6-11,13H2,1-3H3/t15-,16-,18+/m0/s1. The van der Waals surface area contributed by atoms with E-state index >= 15 is 0 Å². The number of aromatic nitrogens is 2. The topological polar surface area (TPSA) is 41.4 Å². The minimum Gasteiger partial charge on any atom is -0.345 e. The Morgan fingerprint density at radius 3 is 2.83 bits per heavy atom. The third kappa shape index (κ3) is 3.72. The smallest absolute Gasteiger partial charge is 0.225 e. The molecule has 1 aliphatic heterocycles. The van der Waals surface area contributed by atoms with E-state index in [4.69, 9.17) is 0 Å². The molecule has 1 saturated heterocycles. The highest BCUT2D eigenvalue weighted by Crippen LogP contribution is 2.35. The summed E-state index contributed by atoms with van der Waals surface area (Å²) in [5.41, 5.74) is 1.27. The van der Waals surface area contributed by atoms with E-state index in [9.17, 15) is 4.79 Å². The van der Waals surface area contributed by atoms with Crippen LogP contribution in [0.25, 0.3) is 0 Å². The van der Waals surface area contributed by atoms with Gasteiger partial charge in [-0.1, -0.05) is 12.2 Å². The van der Waals surface area contributed by atoms with Gasteiger partial charge in [-0.2, -0.15) is 5.10 Å². The molecule has 0 unspecified atom stereocenters. The van der Waals surface area contributed by atoms with Gasteiger partial charge in [0.25, 0.3) is 0 Å². The van der Waals surface area contributed by atoms with E-state index in [2.05, 4.69) is 35.4 Å². The highest BCUT2D eigenvalue weighted by atomic mass is 16.2. The quantitative estimate of drug-likeness (QED) is 0.797. The van der Waals surface area contributed by atoms with Gasteiger partial charge in [0.1, 0.15) is 0 Å². The van der Waals surface area contributed by atoms with Crippen LogP contribution in [0.4, 0.5) is 0 Å². The Morgan fingerprint density at radius 1 is 1.33 bits per heavy atom. The van der Waals surface area contributed by atoms with Gasteiger partial charge in [-0.15, -0.1) is 0 Å². The zero-order valence-electron chi connectivity index (χ0n) is 15.2. The second-order valence-electron chi connectivity index (χ2n) is 7.48. The molecule has 0 aromatic carbocycles. The molecule has 1 aromatic heterocycles. The normalized spacial score (nSPS) is 28.0. The van der Waals surface area contributed by atoms with Crippen LogP contribution in [0.5, 0.6) is 0 Å². The maximum absolute atomic E-state index is 12.8. The summed E-state index contributed by atoms with van der Waals surface area (Å²) >= 11 is 0. The molecular formula is C19H30N4O. The minimum absolute atomic E-state index is 0.179. The van der Waals surface area contributed by atoms with Crippen LogP contribution in [-0.4, -0.2) is 52.7 Å². The summed E-state index contributed by atoms with van der Waals surface area (Å²) < 4.78 is 1.87. The molecule has 3 atom stereocenters. The number of allylic oxidation sites excluding steroid dienone is 2. The van der Waals surface area contributed by atoms with E-state index in [0.29, 0.717) is 17.9 Å². The van der Waals surface area contributed by atoms with Crippen molar-refractivity contribution >= 4 is 5.91 Å². The Morgan fingerprint density at radius 2 is 2.17 bits per heavy atom. The second-order valence-corrected chi connectivity index (χ2v) is 7.48. The third-order valence-electron chi connectivity index (χ3n) is 5.58. The monoisotopic (exact) mass is 330 g/mol. The maximum Gasteiger partial charge on any atom is 0.225 e. The van der Waals surface area contributed by atoms with Crippen molar-refractivity contribution < 1.29 is 4.79 Å². The lowest BCUT2D eigenvalue weighted by Crippen LogP contribution is -2.43. The van der Waals surface area contributed by atoms with Crippen molar-refractivity contribution in [3.63, 3.8) is 0 Å². The van der Waals surface area contributed by atoms with Gasteiger partial charge in [0.05, 0.1) is 6.20 Å². The fourth-order valence-electron chi connectivity index (χ4n) is 4.34. The van der Waals surface area contributed by atoms with E-state index in [0.717, 1.165) is 32.4 Å². The number of nitrogens with zero attached hydrogens (tertiary/aromatic N) is 4. The number of likely N-dealkylation sites (tertiary alicyclic amines) is 1. The van der Waals surface area contributed by atoms with Crippen LogP contribution in [0.3, 0.4) is 0 Å². The minimum atomic E-state index is 0.179. The van der Waals surface area contributed by atoms with Crippen molar-refractivity contribution in [1.82, 2.24) is 19.6 Å². The molecule has 5 heteroatoms. The molecular weight excluding hydrogens is 300 g/mol. The van der Waals surface area contributed by atoms with Crippen LogP contribution in [0.2, 0.25) is 0 Å². The Hall–Kier alpha value is -1.62. The van der Waals surface area contributed by atoms with Gasteiger partial charge < -0.3 is 4.90 Å². The summed E-state index contributed by atoms with van der Waals surface area (Å²) in [5.74, 6) is 0.969. The highest BCUT2D eigenvalue weighted by Gasteiger charge is 2.33. The molecule has 0 radical (unpaired) electrons. The van der Waals surface area contributed by atoms with Gasteiger partial charge in [0.15, 0.2) is 0 Å². The first-order chi connectivity index (χ1) is 11.6. The van der Waals surface area contributed by atoms with Gasteiger partial charge in [-0.25, -0.2) is 0 Å². The zero-order valence-corrected chi connectivity index (χ0v) is 15.2. The van der Waals surface area contributed by atoms with E-state index in [1.54, 1.807) is 0 Å². The van der Waals surface area contributed by atoms with Crippen molar-refractivity contribution in [1.29, 1.82) is 0 Å². The van der Waals surface area contributed by atoms with Crippen LogP contribution in [0.1, 0.15) is 43.7 Å². The van der Waals surface area contributed by atoms with Crippen molar-refractivity contribution in [2.75, 3.05) is 27.2 Å². The van der Waals surface area contributed by atoms with E-state index in [1.165, 1.54) is 18.4 Å². The molecule has 1 aromatic rings. The molecule has 0 saturated carbocycles. The first-order valence-corrected chi connectivity index (χ1v) is 9.15. The average molecular weight is 330 g/mol. The number of piperidine rings is 1. The van der Waals surface area contributed by atoms with Gasteiger partial charge in [0.2, 0.25) is 5.91 Å². The number of aryl methyl sites for hydroxylation is 1. The van der Waals surface area contributed by atoms with Crippen LogP contribution in [-0.2, 0) is 11.8 Å². The Kier molecular flexibility index (Phi) is 5.39. The van der Waals surface area contributed by atoms with Gasteiger partial charge in [0, 0.05) is 44.4 Å². The molecule has 3 rings (SSSR count). The lowest BCUT2D eigenvalue weighted by atomic mass is 9.85. The van der Waals surface area contributed by atoms with E-state index in [-0.39, 0.29) is 5.92 Å². The molecule has 0 N–H and O–H groups in total. The fraction of sp³-hybridized carbons (Fsp3) is 0.684. The molecule has 2 heterocycles. The highest BCUT2D eigenvalue weighted by molar-refractivity contribution is 5.78. The molecule has 2 aliphatic rings. The molecule has 24 heavy (non-hydrogen) atoms. The number of carbonyl (C=O) groups excluding carboxylic acids is 1. The molecule has 1 amide bonds. The van der Waals surface area contributed by atoms with E-state index in [1.807, 2.05) is 29.9 Å². The number of amides is 1. The van der Waals surface area contributed by atoms with Crippen LogP contribution in [0, 0.1) is 11.8 Å². The summed E-state index contributed by atoms with van der Waals surface area (Å²) in [4.78, 5) is 17.2. The summed E-state index contributed by atoms with van der Waals surface area (Å²) in [6, 6.07) is 0.356. The average Bonchev–Trinajstić information content (AvgIpc) is 3.01. The lowest BCUT2D eigenvalue weighted by Gasteiger charge is -2.40. The predicted octanol–water partition coefficient (Wildman–Crippen LogP) is 2.62. The lowest BCUT2D eigenvalue weighted by molar-refractivity contribution is -0.135. The Balaban J connectivity index is 1.69. The van der Waals surface area contributed by atoms with Crippen molar-refractivity contribution in [2.24, 2.45) is 18.9 Å². The predicted molar refractivity (Wildman–Crippen MR) is 95.4 cm³/mol. The van der Waals surface area contributed by atoms with Crippen LogP contribution < -0.4 is 0 Å². The number of hydrogen-bond donors (Lipinski definition) is 0. The molecule has 1 fully saturated rings. The number of carbonyl (C=O) groups is 1. The zero-order chi connectivity index (χ0) is 17.1. The van der Waals surface area contributed by atoms with Crippen molar-refractivity contribution in [2.45, 2.75) is 38.1 Å². The Bertz CT molecular complexity index is 594. The summed E-state index contributed by atoms with van der Waals surface area (Å²) in [5, 5.41) is 4.35. The van der Waals surface area contributed by atoms with Gasteiger partial charge in [-0.3, -0.25) is 14.4 Å². The second kappa shape index (κ2) is 7.51. The number of hydrogen-bond acceptors (Lipinski definition) is 3. The van der Waals surface area contributed by atoms with Gasteiger partial charge in [-0.05, 0) is 51.6 Å². The summed E-state index contributed by atoms with van der Waals surface area (Å²) in [6.45, 7) is 1.95. The third-order valence-corrected chi connectivity index (χ3v) is 5.58. The first kappa shape index (κ1) is 17.2. The van der Waals surface area contributed by atoms with Crippen molar-refractivity contribution in [3.05, 3.63) is 30.1 Å². The number of rotatable bonds is 4. The fourth-order valence-corrected chi connectivity index (χ4v) is 4.34. The molecule has 0 bridgehead atoms. The first-order valence-electron chi connectivity index (χ1n) is 9.15. The van der Waals surface area contributed by atoms with Crippen molar-refractivity contribution in [3.8, 4) is 0 Å². The van der Waals surface area contributed by atoms with Crippen LogP contribution in [0.15, 0.2) is 24.5 Å². The molecule has 5 nitrogen and oxygen atoms in total. The largest absolute Gasteiger partial charge is 0.345 e. The maximum atomic E-state index is 12.8. The summed E-state index contributed by atoms with van der Waals surface area (Å²) in [7, 11) is 6.14. The molecule has 0 spiro atoms. The molecule has 132 valence electrons. The molecule has 1 aliphatic carbocycles. The Labute approximate surface area is 145 Å².